The highest BCUT2D eigenvalue weighted by atomic mass is 35.5. The monoisotopic (exact) mass is 842 g/mol. The molecule has 1 aliphatic carbocycles. The molecule has 9 heteroatoms. The predicted molar refractivity (Wildman–Crippen MR) is 253 cm³/mol. The summed E-state index contributed by atoms with van der Waals surface area (Å²) in [5.74, 6) is 0.275. The molecule has 3 N–H and O–H groups in total. The van der Waals surface area contributed by atoms with Crippen molar-refractivity contribution in [2.45, 2.75) is 25.9 Å². The molecule has 6 aromatic carbocycles. The highest BCUT2D eigenvalue weighted by molar-refractivity contribution is 6.31. The third-order valence-electron chi connectivity index (χ3n) is 11.5. The number of hydrogen-bond acceptors (Lipinski definition) is 8. The van der Waals surface area contributed by atoms with Crippen molar-refractivity contribution >= 4 is 62.0 Å². The maximum Gasteiger partial charge on any atom is 0.205 e. The summed E-state index contributed by atoms with van der Waals surface area (Å²) in [6, 6.07) is 52.7. The van der Waals surface area contributed by atoms with Crippen LogP contribution in [0.1, 0.15) is 44.0 Å². The number of halogens is 1. The molecule has 0 saturated carbocycles. The van der Waals surface area contributed by atoms with Crippen LogP contribution in [0, 0.1) is 0 Å². The maximum atomic E-state index is 14.2. The molecule has 0 amide bonds. The summed E-state index contributed by atoms with van der Waals surface area (Å²) in [5, 5.41) is 21.2. The van der Waals surface area contributed by atoms with Crippen LogP contribution in [0.3, 0.4) is 0 Å². The molecule has 0 bridgehead atoms. The molecule has 10 rings (SSSR count). The lowest BCUT2D eigenvalue weighted by molar-refractivity contribution is 0.112. The van der Waals surface area contributed by atoms with Crippen molar-refractivity contribution in [3.05, 3.63) is 218 Å². The van der Waals surface area contributed by atoms with E-state index in [4.69, 9.17) is 26.0 Å². The highest BCUT2D eigenvalue weighted by Gasteiger charge is 2.27. The number of benzene rings is 7. The Bertz CT molecular complexity index is 3370. The van der Waals surface area contributed by atoms with Crippen molar-refractivity contribution < 1.29 is 14.3 Å². The zero-order valence-corrected chi connectivity index (χ0v) is 34.7. The number of nitrogens with one attached hydrogen (secondary N) is 2. The first kappa shape index (κ1) is 39.3. The van der Waals surface area contributed by atoms with Gasteiger partial charge >= 0.3 is 0 Å². The second-order valence-electron chi connectivity index (χ2n) is 15.6. The van der Waals surface area contributed by atoms with Gasteiger partial charge in [0.05, 0.1) is 38.6 Å². The molecule has 63 heavy (non-hydrogen) atoms. The number of aromatic hydroxyl groups is 1. The number of nitrogens with zero attached hydrogens (tertiary/aromatic N) is 2. The Morgan fingerprint density at radius 1 is 0.603 bits per heavy atom. The van der Waals surface area contributed by atoms with Crippen LogP contribution in [0.2, 0.25) is 5.02 Å². The molecule has 0 saturated heterocycles. The normalized spacial score (nSPS) is 11.4. The summed E-state index contributed by atoms with van der Waals surface area (Å²) >= 11 is 6.81. The van der Waals surface area contributed by atoms with Crippen molar-refractivity contribution in [2.24, 2.45) is 0 Å². The summed E-state index contributed by atoms with van der Waals surface area (Å²) in [4.78, 5) is 36.9. The van der Waals surface area contributed by atoms with Gasteiger partial charge in [-0.15, -0.1) is 0 Å². The van der Waals surface area contributed by atoms with Gasteiger partial charge < -0.3 is 20.2 Å². The topological polar surface area (TPSA) is 117 Å². The summed E-state index contributed by atoms with van der Waals surface area (Å²) in [6.07, 6.45) is 2.16. The number of fused-ring (bicyclic) bond motifs is 4. The summed E-state index contributed by atoms with van der Waals surface area (Å²) in [5.41, 5.74) is 10.2. The Labute approximate surface area is 367 Å². The number of pyridine rings is 2. The zero-order chi connectivity index (χ0) is 42.9. The first-order valence-electron chi connectivity index (χ1n) is 20.7. The molecule has 3 heterocycles. The van der Waals surface area contributed by atoms with Gasteiger partial charge in [0, 0.05) is 70.2 Å². The molecule has 8 aromatic rings. The molecule has 0 unspecified atom stereocenters. The van der Waals surface area contributed by atoms with Crippen LogP contribution in [-0.4, -0.2) is 21.4 Å². The fraction of sp³-hybridized carbons (Fsp3) is 0.0741. The number of phenolic OH excluding ortho intramolecular Hbond substituents is 1. The molecule has 0 spiro atoms. The molecular formula is C54H39ClN4O4. The lowest BCUT2D eigenvalue weighted by Crippen LogP contribution is -2.17. The van der Waals surface area contributed by atoms with E-state index in [9.17, 15) is 14.7 Å². The molecule has 1 aliphatic heterocycles. The first-order chi connectivity index (χ1) is 30.9. The van der Waals surface area contributed by atoms with Gasteiger partial charge in [-0.05, 0) is 59.2 Å². The van der Waals surface area contributed by atoms with Crippen molar-refractivity contribution in [2.75, 3.05) is 10.6 Å². The Morgan fingerprint density at radius 2 is 1.17 bits per heavy atom. The second kappa shape index (κ2) is 16.9. The van der Waals surface area contributed by atoms with Gasteiger partial charge in [0.15, 0.2) is 6.29 Å². The predicted octanol–water partition coefficient (Wildman–Crippen LogP) is 12.2. The number of phenols is 1. The van der Waals surface area contributed by atoms with Crippen molar-refractivity contribution in [1.29, 1.82) is 0 Å². The standard InChI is InChI=1S/C54H39ClN4O4/c55-45-29-42-49(40-18-8-7-15-37(40)32-60)41-25-26-48(61)43(30-56-46-19-9-16-35-21-23-38(58-50(35)46)27-33-11-3-1-4-12-33)53(41)63-54(42)44(52(45)62)31-57-47-20-10-17-36-22-24-39(59-51(36)47)28-34-13-5-2-6-14-34/h1-26,29,32,56-57,61H,27-28,30-31H2. The van der Waals surface area contributed by atoms with Gasteiger partial charge in [-0.1, -0.05) is 133 Å². The smallest absolute Gasteiger partial charge is 0.205 e. The van der Waals surface area contributed by atoms with Crippen LogP contribution in [0.15, 0.2) is 173 Å². The van der Waals surface area contributed by atoms with Crippen molar-refractivity contribution in [3.63, 3.8) is 0 Å². The van der Waals surface area contributed by atoms with E-state index in [1.807, 2.05) is 97.1 Å². The van der Waals surface area contributed by atoms with Crippen LogP contribution in [-0.2, 0) is 25.9 Å². The summed E-state index contributed by atoms with van der Waals surface area (Å²) in [7, 11) is 0. The SMILES string of the molecule is O=Cc1ccccc1-c1c2cc(Cl)c(=O)c(CNc3cccc4ccc(Cc5ccccc5)nc34)c-2oc2c(CNc3cccc4ccc(Cc5ccccc5)nc34)c(O)ccc12. The third kappa shape index (κ3) is 7.73. The Hall–Kier alpha value is -7.81. The average molecular weight is 843 g/mol. The minimum Gasteiger partial charge on any atom is -0.507 e. The first-order valence-corrected chi connectivity index (χ1v) is 21.1. The van der Waals surface area contributed by atoms with Gasteiger partial charge in [-0.2, -0.15) is 0 Å². The maximum absolute atomic E-state index is 14.2. The van der Waals surface area contributed by atoms with E-state index in [-0.39, 0.29) is 35.2 Å². The minimum absolute atomic E-state index is 0.00481. The molecule has 8 nitrogen and oxygen atoms in total. The Morgan fingerprint density at radius 3 is 1.78 bits per heavy atom. The fourth-order valence-electron chi connectivity index (χ4n) is 8.43. The molecule has 0 fully saturated rings. The Kier molecular flexibility index (Phi) is 10.6. The number of anilines is 2. The van der Waals surface area contributed by atoms with Crippen LogP contribution < -0.4 is 16.1 Å². The van der Waals surface area contributed by atoms with Crippen LogP contribution >= 0.6 is 11.6 Å². The van der Waals surface area contributed by atoms with E-state index in [1.165, 1.54) is 0 Å². The highest BCUT2D eigenvalue weighted by Crippen LogP contribution is 2.45. The fourth-order valence-corrected chi connectivity index (χ4v) is 8.65. The quantitative estimate of drug-likeness (QED) is 0.0822. The van der Waals surface area contributed by atoms with Crippen molar-refractivity contribution in [3.8, 4) is 28.2 Å². The van der Waals surface area contributed by atoms with Gasteiger partial charge in [0.2, 0.25) is 5.43 Å². The van der Waals surface area contributed by atoms with E-state index < -0.39 is 5.43 Å². The molecule has 2 aromatic heterocycles. The number of carbonyl (C=O) groups excluding carboxylic acids is 1. The zero-order valence-electron chi connectivity index (χ0n) is 33.9. The number of carbonyl (C=O) groups is 1. The third-order valence-corrected chi connectivity index (χ3v) is 11.8. The molecule has 0 atom stereocenters. The van der Waals surface area contributed by atoms with E-state index >= 15 is 0 Å². The lowest BCUT2D eigenvalue weighted by atomic mass is 9.88. The van der Waals surface area contributed by atoms with E-state index in [0.29, 0.717) is 51.6 Å². The number of aromatic nitrogens is 2. The van der Waals surface area contributed by atoms with E-state index in [1.54, 1.807) is 30.3 Å². The number of para-hydroxylation sites is 2. The van der Waals surface area contributed by atoms with Crippen molar-refractivity contribution in [1.82, 2.24) is 9.97 Å². The van der Waals surface area contributed by atoms with Gasteiger partial charge in [-0.3, -0.25) is 19.6 Å². The lowest BCUT2D eigenvalue weighted by Gasteiger charge is -2.21. The molecule has 2 aliphatic rings. The number of rotatable bonds is 12. The molecular weight excluding hydrogens is 804 g/mol. The second-order valence-corrected chi connectivity index (χ2v) is 16.0. The summed E-state index contributed by atoms with van der Waals surface area (Å²) < 4.78 is 6.87. The molecule has 306 valence electrons. The number of aldehydes is 1. The van der Waals surface area contributed by atoms with Crippen LogP contribution in [0.5, 0.6) is 5.75 Å². The van der Waals surface area contributed by atoms with E-state index in [0.717, 1.165) is 62.0 Å². The molecule has 0 radical (unpaired) electrons. The largest absolute Gasteiger partial charge is 0.507 e. The summed E-state index contributed by atoms with van der Waals surface area (Å²) in [6.45, 7) is 0.192. The number of hydrogen-bond donors (Lipinski definition) is 3. The van der Waals surface area contributed by atoms with Crippen LogP contribution in [0.25, 0.3) is 55.2 Å². The van der Waals surface area contributed by atoms with Gasteiger partial charge in [-0.25, -0.2) is 0 Å². The van der Waals surface area contributed by atoms with Crippen LogP contribution in [0.4, 0.5) is 11.4 Å². The van der Waals surface area contributed by atoms with E-state index in [2.05, 4.69) is 47.0 Å². The van der Waals surface area contributed by atoms with Gasteiger partial charge in [0.1, 0.15) is 17.1 Å². The Balaban J connectivity index is 1.08. The van der Waals surface area contributed by atoms with Gasteiger partial charge in [0.25, 0.3) is 0 Å². The average Bonchev–Trinajstić information content (AvgIpc) is 3.31. The minimum atomic E-state index is -0.402.